The zero-order valence-corrected chi connectivity index (χ0v) is 12.2. The van der Waals surface area contributed by atoms with Gasteiger partial charge in [0.05, 0.1) is 0 Å². The molecular weight excluding hydrogens is 244 g/mol. The molecule has 5 heteroatoms. The zero-order chi connectivity index (χ0) is 13.0. The Hall–Kier alpha value is -0.970. The van der Waals surface area contributed by atoms with Crippen LogP contribution in [0.4, 0.5) is 11.6 Å². The molecule has 0 radical (unpaired) electrons. The van der Waals surface area contributed by atoms with E-state index in [0.717, 1.165) is 29.3 Å². The summed E-state index contributed by atoms with van der Waals surface area (Å²) < 4.78 is 0. The summed E-state index contributed by atoms with van der Waals surface area (Å²) in [7, 11) is 0. The highest BCUT2D eigenvalue weighted by molar-refractivity contribution is 7.98. The lowest BCUT2D eigenvalue weighted by atomic mass is 10.2. The van der Waals surface area contributed by atoms with Gasteiger partial charge in [-0.2, -0.15) is 0 Å². The number of thioether (sulfide) groups is 1. The van der Waals surface area contributed by atoms with Crippen molar-refractivity contribution in [2.24, 2.45) is 5.92 Å². The predicted octanol–water partition coefficient (Wildman–Crippen LogP) is 3.23. The minimum Gasteiger partial charge on any atom is -0.370 e. The second-order valence-electron chi connectivity index (χ2n) is 4.69. The quantitative estimate of drug-likeness (QED) is 0.586. The van der Waals surface area contributed by atoms with Gasteiger partial charge in [0, 0.05) is 18.7 Å². The topological polar surface area (TPSA) is 49.8 Å². The molecule has 1 aliphatic carbocycles. The minimum absolute atomic E-state index is 0.615. The van der Waals surface area contributed by atoms with Crippen LogP contribution in [0.15, 0.2) is 11.2 Å². The second-order valence-corrected chi connectivity index (χ2v) is 5.46. The number of hydrogen-bond acceptors (Lipinski definition) is 5. The molecule has 0 amide bonds. The molecular formula is C13H22N4S. The molecule has 1 aliphatic rings. The Morgan fingerprint density at radius 1 is 1.33 bits per heavy atom. The summed E-state index contributed by atoms with van der Waals surface area (Å²) in [5.74, 6) is 2.70. The summed E-state index contributed by atoms with van der Waals surface area (Å²) in [6.07, 6.45) is 5.87. The van der Waals surface area contributed by atoms with Gasteiger partial charge in [-0.3, -0.25) is 0 Å². The standard InChI is InChI=1S/C13H22N4S/c1-4-6-9-7-10(9)15-12-8-11(14-5-2)16-13(17-12)18-3/h8-10H,4-7H2,1-3H3,(H2,14,15,16,17). The molecule has 1 aromatic rings. The first-order chi connectivity index (χ1) is 8.76. The molecule has 2 unspecified atom stereocenters. The van der Waals surface area contributed by atoms with Gasteiger partial charge in [0.15, 0.2) is 5.16 Å². The highest BCUT2D eigenvalue weighted by Gasteiger charge is 2.36. The average molecular weight is 266 g/mol. The van der Waals surface area contributed by atoms with Gasteiger partial charge in [-0.1, -0.05) is 25.1 Å². The lowest BCUT2D eigenvalue weighted by Gasteiger charge is -2.09. The predicted molar refractivity (Wildman–Crippen MR) is 78.4 cm³/mol. The fourth-order valence-electron chi connectivity index (χ4n) is 2.17. The number of hydrogen-bond donors (Lipinski definition) is 2. The first-order valence-electron chi connectivity index (χ1n) is 6.70. The van der Waals surface area contributed by atoms with E-state index < -0.39 is 0 Å². The molecule has 4 nitrogen and oxygen atoms in total. The van der Waals surface area contributed by atoms with Crippen LogP contribution in [0.25, 0.3) is 0 Å². The van der Waals surface area contributed by atoms with E-state index in [1.807, 2.05) is 12.3 Å². The summed E-state index contributed by atoms with van der Waals surface area (Å²) in [6, 6.07) is 2.62. The maximum Gasteiger partial charge on any atom is 0.191 e. The number of nitrogens with zero attached hydrogens (tertiary/aromatic N) is 2. The fraction of sp³-hybridized carbons (Fsp3) is 0.692. The molecule has 2 N–H and O–H groups in total. The molecule has 0 saturated heterocycles. The number of aromatic nitrogens is 2. The third-order valence-electron chi connectivity index (χ3n) is 3.16. The highest BCUT2D eigenvalue weighted by Crippen LogP contribution is 2.37. The van der Waals surface area contributed by atoms with Gasteiger partial charge in [-0.15, -0.1) is 0 Å². The molecule has 2 atom stereocenters. The van der Waals surface area contributed by atoms with Gasteiger partial charge in [0.2, 0.25) is 0 Å². The Bertz CT molecular complexity index is 397. The first kappa shape index (κ1) is 13.5. The van der Waals surface area contributed by atoms with Crippen molar-refractivity contribution in [3.8, 4) is 0 Å². The number of nitrogens with one attached hydrogen (secondary N) is 2. The molecule has 100 valence electrons. The van der Waals surface area contributed by atoms with E-state index in [2.05, 4.69) is 34.4 Å². The maximum atomic E-state index is 4.51. The summed E-state index contributed by atoms with van der Waals surface area (Å²) >= 11 is 1.58. The summed E-state index contributed by atoms with van der Waals surface area (Å²) in [4.78, 5) is 8.94. The van der Waals surface area contributed by atoms with E-state index in [0.29, 0.717) is 6.04 Å². The SMILES string of the molecule is CCCC1CC1Nc1cc(NCC)nc(SC)n1. The Morgan fingerprint density at radius 3 is 2.78 bits per heavy atom. The second kappa shape index (κ2) is 6.27. The lowest BCUT2D eigenvalue weighted by molar-refractivity contribution is 0.691. The highest BCUT2D eigenvalue weighted by atomic mass is 32.2. The molecule has 2 rings (SSSR count). The van der Waals surface area contributed by atoms with E-state index in [9.17, 15) is 0 Å². The molecule has 1 saturated carbocycles. The van der Waals surface area contributed by atoms with E-state index in [-0.39, 0.29) is 0 Å². The van der Waals surface area contributed by atoms with E-state index in [1.54, 1.807) is 11.8 Å². The van der Waals surface area contributed by atoms with Crippen LogP contribution in [-0.4, -0.2) is 28.8 Å². The lowest BCUT2D eigenvalue weighted by Crippen LogP contribution is -2.09. The molecule has 1 heterocycles. The van der Waals surface area contributed by atoms with Crippen molar-refractivity contribution < 1.29 is 0 Å². The molecule has 0 aromatic carbocycles. The van der Waals surface area contributed by atoms with Gasteiger partial charge in [-0.25, -0.2) is 9.97 Å². The third kappa shape index (κ3) is 3.51. The van der Waals surface area contributed by atoms with Gasteiger partial charge < -0.3 is 10.6 Å². The van der Waals surface area contributed by atoms with E-state index >= 15 is 0 Å². The van der Waals surface area contributed by atoms with Crippen molar-refractivity contribution >= 4 is 23.4 Å². The van der Waals surface area contributed by atoms with Crippen LogP contribution in [0.5, 0.6) is 0 Å². The van der Waals surface area contributed by atoms with Gasteiger partial charge in [0.1, 0.15) is 11.6 Å². The van der Waals surface area contributed by atoms with Crippen LogP contribution in [0.2, 0.25) is 0 Å². The van der Waals surface area contributed by atoms with Crippen molar-refractivity contribution in [3.05, 3.63) is 6.07 Å². The van der Waals surface area contributed by atoms with Crippen molar-refractivity contribution in [2.75, 3.05) is 23.4 Å². The summed E-state index contributed by atoms with van der Waals surface area (Å²) in [6.45, 7) is 5.20. The van der Waals surface area contributed by atoms with Crippen LogP contribution in [0.3, 0.4) is 0 Å². The average Bonchev–Trinajstić information content (AvgIpc) is 3.08. The van der Waals surface area contributed by atoms with Crippen LogP contribution in [-0.2, 0) is 0 Å². The molecule has 18 heavy (non-hydrogen) atoms. The maximum absolute atomic E-state index is 4.51. The Labute approximate surface area is 113 Å². The minimum atomic E-state index is 0.615. The fourth-order valence-corrected chi connectivity index (χ4v) is 2.55. The Balaban J connectivity index is 2.01. The molecule has 0 aliphatic heterocycles. The van der Waals surface area contributed by atoms with Crippen LogP contribution >= 0.6 is 11.8 Å². The van der Waals surface area contributed by atoms with Crippen molar-refractivity contribution in [2.45, 2.75) is 44.3 Å². The van der Waals surface area contributed by atoms with Gasteiger partial charge >= 0.3 is 0 Å². The van der Waals surface area contributed by atoms with Crippen LogP contribution < -0.4 is 10.6 Å². The van der Waals surface area contributed by atoms with Crippen molar-refractivity contribution in [1.82, 2.24) is 9.97 Å². The smallest absolute Gasteiger partial charge is 0.191 e. The van der Waals surface area contributed by atoms with Crippen LogP contribution in [0.1, 0.15) is 33.1 Å². The number of rotatable bonds is 7. The van der Waals surface area contributed by atoms with E-state index in [1.165, 1.54) is 19.3 Å². The van der Waals surface area contributed by atoms with Gasteiger partial charge in [0.25, 0.3) is 0 Å². The molecule has 1 fully saturated rings. The van der Waals surface area contributed by atoms with Crippen molar-refractivity contribution in [1.29, 1.82) is 0 Å². The largest absolute Gasteiger partial charge is 0.370 e. The van der Waals surface area contributed by atoms with Gasteiger partial charge in [-0.05, 0) is 31.9 Å². The molecule has 0 bridgehead atoms. The molecule has 1 aromatic heterocycles. The zero-order valence-electron chi connectivity index (χ0n) is 11.4. The Morgan fingerprint density at radius 2 is 2.11 bits per heavy atom. The normalized spacial score (nSPS) is 21.7. The van der Waals surface area contributed by atoms with Crippen molar-refractivity contribution in [3.63, 3.8) is 0 Å². The number of anilines is 2. The third-order valence-corrected chi connectivity index (χ3v) is 3.71. The monoisotopic (exact) mass is 266 g/mol. The molecule has 0 spiro atoms. The summed E-state index contributed by atoms with van der Waals surface area (Å²) in [5.41, 5.74) is 0. The van der Waals surface area contributed by atoms with E-state index in [4.69, 9.17) is 0 Å². The summed E-state index contributed by atoms with van der Waals surface area (Å²) in [5, 5.41) is 7.59. The van der Waals surface area contributed by atoms with Crippen LogP contribution in [0, 0.1) is 5.92 Å². The first-order valence-corrected chi connectivity index (χ1v) is 7.92. The Kier molecular flexibility index (Phi) is 4.69.